The number of fused-ring (bicyclic) bond motifs is 1. The molecule has 2 aromatic heterocycles. The van der Waals surface area contributed by atoms with Crippen LogP contribution in [0.5, 0.6) is 0 Å². The van der Waals surface area contributed by atoms with Crippen molar-refractivity contribution < 1.29 is 9.21 Å². The number of nitriles is 1. The van der Waals surface area contributed by atoms with Gasteiger partial charge in [-0.15, -0.1) is 0 Å². The van der Waals surface area contributed by atoms with Crippen LogP contribution in [-0.4, -0.2) is 42.0 Å². The molecule has 0 unspecified atom stereocenters. The summed E-state index contributed by atoms with van der Waals surface area (Å²) < 4.78 is 5.53. The largest absolute Gasteiger partial charge is 0.463 e. The molecule has 0 bridgehead atoms. The maximum absolute atomic E-state index is 13.6. The zero-order valence-electron chi connectivity index (χ0n) is 17.6. The van der Waals surface area contributed by atoms with Gasteiger partial charge in [0, 0.05) is 37.3 Å². The van der Waals surface area contributed by atoms with Gasteiger partial charge in [0.05, 0.1) is 29.0 Å². The second-order valence-corrected chi connectivity index (χ2v) is 7.84. The van der Waals surface area contributed by atoms with Crippen molar-refractivity contribution in [3.05, 3.63) is 84.1 Å². The molecule has 0 aliphatic carbocycles. The van der Waals surface area contributed by atoms with E-state index in [1.807, 2.05) is 71.6 Å². The third-order valence-electron chi connectivity index (χ3n) is 5.86. The number of amides is 1. The van der Waals surface area contributed by atoms with Crippen LogP contribution in [0.15, 0.2) is 77.4 Å². The third-order valence-corrected chi connectivity index (χ3v) is 5.86. The van der Waals surface area contributed by atoms with Crippen LogP contribution < -0.4 is 4.90 Å². The smallest absolute Gasteiger partial charge is 0.254 e. The molecule has 1 aliphatic rings. The van der Waals surface area contributed by atoms with E-state index in [9.17, 15) is 4.79 Å². The van der Waals surface area contributed by atoms with Crippen LogP contribution >= 0.6 is 0 Å². The Morgan fingerprint density at radius 2 is 1.81 bits per heavy atom. The van der Waals surface area contributed by atoms with Gasteiger partial charge in [-0.3, -0.25) is 4.79 Å². The zero-order valence-corrected chi connectivity index (χ0v) is 17.6. The number of anilines is 1. The highest BCUT2D eigenvalue weighted by atomic mass is 16.3. The average Bonchev–Trinajstić information content (AvgIpc) is 3.28. The van der Waals surface area contributed by atoms with Crippen molar-refractivity contribution in [1.29, 1.82) is 5.26 Å². The van der Waals surface area contributed by atoms with Crippen LogP contribution in [0.25, 0.3) is 22.4 Å². The van der Waals surface area contributed by atoms with Crippen LogP contribution in [0, 0.1) is 11.3 Å². The fraction of sp³-hybridized carbons (Fsp3) is 0.192. The lowest BCUT2D eigenvalue weighted by atomic mass is 10.1. The van der Waals surface area contributed by atoms with Crippen LogP contribution in [-0.2, 0) is 0 Å². The van der Waals surface area contributed by atoms with Gasteiger partial charge in [-0.1, -0.05) is 18.2 Å². The molecule has 6 nitrogen and oxygen atoms in total. The number of aromatic nitrogens is 1. The van der Waals surface area contributed by atoms with Gasteiger partial charge in [-0.25, -0.2) is 4.98 Å². The first-order valence-electron chi connectivity index (χ1n) is 10.7. The molecule has 1 fully saturated rings. The predicted octanol–water partition coefficient (Wildman–Crippen LogP) is 4.72. The van der Waals surface area contributed by atoms with E-state index in [4.69, 9.17) is 14.7 Å². The first-order chi connectivity index (χ1) is 15.7. The fourth-order valence-electron chi connectivity index (χ4n) is 4.20. The van der Waals surface area contributed by atoms with Crippen molar-refractivity contribution in [2.24, 2.45) is 0 Å². The Labute approximate surface area is 186 Å². The molecule has 1 amide bonds. The number of furan rings is 1. The minimum atomic E-state index is 0.0121. The van der Waals surface area contributed by atoms with E-state index in [1.54, 1.807) is 6.26 Å². The van der Waals surface area contributed by atoms with Gasteiger partial charge in [0.1, 0.15) is 5.69 Å². The second-order valence-electron chi connectivity index (χ2n) is 7.84. The molecule has 0 radical (unpaired) electrons. The standard InChI is InChI=1S/C26H22N4O2/c27-18-19-8-10-20(11-9-19)29-12-4-13-30(15-14-29)26(31)22-17-24(25-7-3-16-32-25)28-23-6-2-1-5-21(22)23/h1-3,5-11,16-17H,4,12-15H2. The number of carbonyl (C=O) groups is 1. The molecular weight excluding hydrogens is 400 g/mol. The van der Waals surface area contributed by atoms with Gasteiger partial charge >= 0.3 is 0 Å². The molecule has 158 valence electrons. The first-order valence-corrected chi connectivity index (χ1v) is 10.7. The molecule has 1 aliphatic heterocycles. The number of benzene rings is 2. The summed E-state index contributed by atoms with van der Waals surface area (Å²) in [6.45, 7) is 2.93. The van der Waals surface area contributed by atoms with Crippen LogP contribution in [0.3, 0.4) is 0 Å². The summed E-state index contributed by atoms with van der Waals surface area (Å²) in [5.74, 6) is 0.658. The zero-order chi connectivity index (χ0) is 21.9. The molecule has 1 saturated heterocycles. The Morgan fingerprint density at radius 3 is 2.59 bits per heavy atom. The van der Waals surface area contributed by atoms with E-state index < -0.39 is 0 Å². The number of hydrogen-bond acceptors (Lipinski definition) is 5. The van der Waals surface area contributed by atoms with Crippen molar-refractivity contribution in [2.75, 3.05) is 31.1 Å². The van der Waals surface area contributed by atoms with Crippen molar-refractivity contribution in [3.63, 3.8) is 0 Å². The van der Waals surface area contributed by atoms with E-state index in [0.717, 1.165) is 36.1 Å². The Hall–Kier alpha value is -4.11. The number of hydrogen-bond donors (Lipinski definition) is 0. The van der Waals surface area contributed by atoms with Gasteiger partial charge < -0.3 is 14.2 Å². The molecule has 6 heteroatoms. The van der Waals surface area contributed by atoms with Crippen molar-refractivity contribution in [2.45, 2.75) is 6.42 Å². The molecular formula is C26H22N4O2. The molecule has 0 spiro atoms. The van der Waals surface area contributed by atoms with Crippen LogP contribution in [0.1, 0.15) is 22.3 Å². The summed E-state index contributed by atoms with van der Waals surface area (Å²) in [5.41, 5.74) is 3.81. The number of para-hydroxylation sites is 1. The summed E-state index contributed by atoms with van der Waals surface area (Å²) in [5, 5.41) is 9.87. The Balaban J connectivity index is 1.42. The lowest BCUT2D eigenvalue weighted by molar-refractivity contribution is 0.0769. The second kappa shape index (κ2) is 8.56. The monoisotopic (exact) mass is 422 g/mol. The molecule has 2 aromatic carbocycles. The minimum Gasteiger partial charge on any atom is -0.463 e. The SMILES string of the molecule is N#Cc1ccc(N2CCCN(C(=O)c3cc(-c4ccco4)nc4ccccc34)CC2)cc1. The first kappa shape index (κ1) is 19.8. The molecule has 32 heavy (non-hydrogen) atoms. The molecule has 0 atom stereocenters. The van der Waals surface area contributed by atoms with Crippen molar-refractivity contribution in [3.8, 4) is 17.5 Å². The van der Waals surface area contributed by atoms with E-state index in [0.29, 0.717) is 35.7 Å². The van der Waals surface area contributed by atoms with Gasteiger partial charge in [0.2, 0.25) is 0 Å². The number of nitrogens with zero attached hydrogens (tertiary/aromatic N) is 4. The normalized spacial score (nSPS) is 14.2. The highest BCUT2D eigenvalue weighted by Crippen LogP contribution is 2.27. The predicted molar refractivity (Wildman–Crippen MR) is 123 cm³/mol. The van der Waals surface area contributed by atoms with E-state index in [1.165, 1.54) is 0 Å². The molecule has 4 aromatic rings. The van der Waals surface area contributed by atoms with E-state index in [2.05, 4.69) is 11.0 Å². The minimum absolute atomic E-state index is 0.0121. The maximum Gasteiger partial charge on any atom is 0.254 e. The average molecular weight is 422 g/mol. The van der Waals surface area contributed by atoms with Gasteiger partial charge in [0.25, 0.3) is 5.91 Å². The molecule has 0 N–H and O–H groups in total. The summed E-state index contributed by atoms with van der Waals surface area (Å²) in [6, 6.07) is 23.0. The number of carbonyl (C=O) groups excluding carboxylic acids is 1. The quantitative estimate of drug-likeness (QED) is 0.478. The van der Waals surface area contributed by atoms with E-state index in [-0.39, 0.29) is 5.91 Å². The molecule has 0 saturated carbocycles. The highest BCUT2D eigenvalue weighted by Gasteiger charge is 2.23. The fourth-order valence-corrected chi connectivity index (χ4v) is 4.20. The Morgan fingerprint density at radius 1 is 0.969 bits per heavy atom. The van der Waals surface area contributed by atoms with E-state index >= 15 is 0 Å². The maximum atomic E-state index is 13.6. The van der Waals surface area contributed by atoms with Crippen molar-refractivity contribution in [1.82, 2.24) is 9.88 Å². The van der Waals surface area contributed by atoms with Gasteiger partial charge in [-0.05, 0) is 55.0 Å². The summed E-state index contributed by atoms with van der Waals surface area (Å²) >= 11 is 0. The van der Waals surface area contributed by atoms with Crippen molar-refractivity contribution >= 4 is 22.5 Å². The van der Waals surface area contributed by atoms with Gasteiger partial charge in [0.15, 0.2) is 5.76 Å². The molecule has 3 heterocycles. The van der Waals surface area contributed by atoms with Crippen LogP contribution in [0.4, 0.5) is 5.69 Å². The molecule has 5 rings (SSSR count). The lowest BCUT2D eigenvalue weighted by Gasteiger charge is -2.24. The topological polar surface area (TPSA) is 73.4 Å². The summed E-state index contributed by atoms with van der Waals surface area (Å²) in [6.07, 6.45) is 2.49. The Kier molecular flexibility index (Phi) is 5.30. The summed E-state index contributed by atoms with van der Waals surface area (Å²) in [7, 11) is 0. The third kappa shape index (κ3) is 3.81. The number of rotatable bonds is 3. The number of pyridine rings is 1. The van der Waals surface area contributed by atoms with Gasteiger partial charge in [-0.2, -0.15) is 5.26 Å². The Bertz CT molecular complexity index is 1290. The summed E-state index contributed by atoms with van der Waals surface area (Å²) in [4.78, 5) is 22.5. The lowest BCUT2D eigenvalue weighted by Crippen LogP contribution is -2.35. The van der Waals surface area contributed by atoms with Crippen LogP contribution in [0.2, 0.25) is 0 Å². The highest BCUT2D eigenvalue weighted by molar-refractivity contribution is 6.07.